The second-order valence-corrected chi connectivity index (χ2v) is 5.72. The van der Waals surface area contributed by atoms with E-state index in [4.69, 9.17) is 0 Å². The van der Waals surface area contributed by atoms with Gasteiger partial charge in [-0.05, 0) is 38.3 Å². The maximum absolute atomic E-state index is 4.46. The van der Waals surface area contributed by atoms with Crippen molar-refractivity contribution in [3.8, 4) is 0 Å². The first kappa shape index (κ1) is 14.3. The number of aryl methyl sites for hydroxylation is 1. The van der Waals surface area contributed by atoms with Crippen LogP contribution in [0.25, 0.3) is 0 Å². The standard InChI is InChI=1S/C16H27N3/c1-5-14-11-18-16(6-2,7-3)12-19(14)15-9-8-13(4)17-10-15/h8-10,14,18H,5-7,11-12H2,1-4H3. The smallest absolute Gasteiger partial charge is 0.0556 e. The summed E-state index contributed by atoms with van der Waals surface area (Å²) in [6.45, 7) is 11.0. The fraction of sp³-hybridized carbons (Fsp3) is 0.688. The van der Waals surface area contributed by atoms with Gasteiger partial charge in [-0.1, -0.05) is 20.8 Å². The lowest BCUT2D eigenvalue weighted by Crippen LogP contribution is -2.64. The molecule has 1 N–H and O–H groups in total. The van der Waals surface area contributed by atoms with Crippen molar-refractivity contribution in [1.29, 1.82) is 0 Å². The van der Waals surface area contributed by atoms with Crippen LogP contribution in [0.5, 0.6) is 0 Å². The summed E-state index contributed by atoms with van der Waals surface area (Å²) in [5.74, 6) is 0. The van der Waals surface area contributed by atoms with E-state index in [0.717, 1.165) is 18.8 Å². The molecule has 1 saturated heterocycles. The van der Waals surface area contributed by atoms with Gasteiger partial charge in [-0.3, -0.25) is 4.98 Å². The van der Waals surface area contributed by atoms with E-state index in [1.54, 1.807) is 0 Å². The van der Waals surface area contributed by atoms with Crippen molar-refractivity contribution in [2.45, 2.75) is 58.5 Å². The van der Waals surface area contributed by atoms with Crippen LogP contribution in [0, 0.1) is 6.92 Å². The topological polar surface area (TPSA) is 28.2 Å². The lowest BCUT2D eigenvalue weighted by atomic mass is 9.88. The molecular weight excluding hydrogens is 234 g/mol. The summed E-state index contributed by atoms with van der Waals surface area (Å²) in [5.41, 5.74) is 2.62. The Kier molecular flexibility index (Phi) is 4.46. The highest BCUT2D eigenvalue weighted by Crippen LogP contribution is 2.28. The van der Waals surface area contributed by atoms with E-state index in [1.807, 2.05) is 13.1 Å². The lowest BCUT2D eigenvalue weighted by Gasteiger charge is -2.48. The molecule has 2 rings (SSSR count). The zero-order valence-corrected chi connectivity index (χ0v) is 12.7. The Morgan fingerprint density at radius 1 is 1.32 bits per heavy atom. The molecule has 106 valence electrons. The van der Waals surface area contributed by atoms with Gasteiger partial charge in [-0.15, -0.1) is 0 Å². The zero-order chi connectivity index (χ0) is 13.9. The summed E-state index contributed by atoms with van der Waals surface area (Å²) < 4.78 is 0. The van der Waals surface area contributed by atoms with Crippen LogP contribution in [0.1, 0.15) is 45.7 Å². The Morgan fingerprint density at radius 2 is 2.05 bits per heavy atom. The van der Waals surface area contributed by atoms with Crippen molar-refractivity contribution in [2.75, 3.05) is 18.0 Å². The fourth-order valence-corrected chi connectivity index (χ4v) is 2.98. The first-order valence-electron chi connectivity index (χ1n) is 7.58. The molecule has 0 amide bonds. The number of rotatable bonds is 4. The second-order valence-electron chi connectivity index (χ2n) is 5.72. The van der Waals surface area contributed by atoms with Gasteiger partial charge in [-0.2, -0.15) is 0 Å². The average molecular weight is 261 g/mol. The van der Waals surface area contributed by atoms with E-state index in [9.17, 15) is 0 Å². The highest BCUT2D eigenvalue weighted by Gasteiger charge is 2.36. The molecule has 0 aliphatic carbocycles. The van der Waals surface area contributed by atoms with E-state index in [1.165, 1.54) is 24.9 Å². The van der Waals surface area contributed by atoms with Gasteiger partial charge in [0.2, 0.25) is 0 Å². The highest BCUT2D eigenvalue weighted by molar-refractivity contribution is 5.47. The van der Waals surface area contributed by atoms with Gasteiger partial charge in [0, 0.05) is 30.4 Å². The maximum atomic E-state index is 4.46. The normalized spacial score (nSPS) is 22.5. The van der Waals surface area contributed by atoms with Crippen LogP contribution in [0.4, 0.5) is 5.69 Å². The van der Waals surface area contributed by atoms with Crippen molar-refractivity contribution in [2.24, 2.45) is 0 Å². The molecule has 1 atom stereocenters. The zero-order valence-electron chi connectivity index (χ0n) is 12.7. The van der Waals surface area contributed by atoms with Crippen LogP contribution in [-0.2, 0) is 0 Å². The predicted molar refractivity (Wildman–Crippen MR) is 81.7 cm³/mol. The third-order valence-corrected chi connectivity index (χ3v) is 4.68. The summed E-state index contributed by atoms with van der Waals surface area (Å²) in [6.07, 6.45) is 5.55. The van der Waals surface area contributed by atoms with Crippen molar-refractivity contribution in [3.63, 3.8) is 0 Å². The van der Waals surface area contributed by atoms with E-state index in [2.05, 4.69) is 48.1 Å². The molecular formula is C16H27N3. The minimum Gasteiger partial charge on any atom is -0.364 e. The molecule has 3 nitrogen and oxygen atoms in total. The number of nitrogens with one attached hydrogen (secondary N) is 1. The quantitative estimate of drug-likeness (QED) is 0.902. The molecule has 1 unspecified atom stereocenters. The minimum atomic E-state index is 0.260. The summed E-state index contributed by atoms with van der Waals surface area (Å²) >= 11 is 0. The number of anilines is 1. The number of piperazine rings is 1. The third-order valence-electron chi connectivity index (χ3n) is 4.68. The van der Waals surface area contributed by atoms with Crippen LogP contribution in [0.3, 0.4) is 0 Å². The van der Waals surface area contributed by atoms with Crippen LogP contribution in [-0.4, -0.2) is 29.7 Å². The molecule has 1 aliphatic rings. The van der Waals surface area contributed by atoms with Crippen molar-refractivity contribution in [3.05, 3.63) is 24.0 Å². The minimum absolute atomic E-state index is 0.260. The van der Waals surface area contributed by atoms with Crippen molar-refractivity contribution >= 4 is 5.69 Å². The summed E-state index contributed by atoms with van der Waals surface area (Å²) in [4.78, 5) is 7.01. The van der Waals surface area contributed by atoms with E-state index >= 15 is 0 Å². The molecule has 1 aromatic rings. The Hall–Kier alpha value is -1.09. The predicted octanol–water partition coefficient (Wildman–Crippen LogP) is 3.14. The Labute approximate surface area is 117 Å². The summed E-state index contributed by atoms with van der Waals surface area (Å²) in [6, 6.07) is 4.91. The second kappa shape index (κ2) is 5.91. The van der Waals surface area contributed by atoms with Crippen LogP contribution < -0.4 is 10.2 Å². The van der Waals surface area contributed by atoms with Gasteiger partial charge in [-0.25, -0.2) is 0 Å². The SMILES string of the molecule is CCC1CNC(CC)(CC)CN1c1ccc(C)nc1. The molecule has 0 spiro atoms. The molecule has 1 aromatic heterocycles. The summed E-state index contributed by atoms with van der Waals surface area (Å²) in [5, 5.41) is 3.78. The van der Waals surface area contributed by atoms with Gasteiger partial charge in [0.05, 0.1) is 11.9 Å². The molecule has 0 aromatic carbocycles. The van der Waals surface area contributed by atoms with Gasteiger partial charge in [0.25, 0.3) is 0 Å². The monoisotopic (exact) mass is 261 g/mol. The average Bonchev–Trinajstić information content (AvgIpc) is 2.47. The van der Waals surface area contributed by atoms with Crippen molar-refractivity contribution < 1.29 is 0 Å². The maximum Gasteiger partial charge on any atom is 0.0556 e. The molecule has 1 aliphatic heterocycles. The molecule has 19 heavy (non-hydrogen) atoms. The number of nitrogens with zero attached hydrogens (tertiary/aromatic N) is 2. The number of pyridine rings is 1. The van der Waals surface area contributed by atoms with E-state index in [0.29, 0.717) is 6.04 Å². The molecule has 2 heterocycles. The van der Waals surface area contributed by atoms with E-state index < -0.39 is 0 Å². The number of hydrogen-bond donors (Lipinski definition) is 1. The Bertz CT molecular complexity index is 395. The highest BCUT2D eigenvalue weighted by atomic mass is 15.3. The molecule has 1 fully saturated rings. The van der Waals surface area contributed by atoms with Gasteiger partial charge in [0.15, 0.2) is 0 Å². The number of aromatic nitrogens is 1. The molecule has 0 bridgehead atoms. The Balaban J connectivity index is 2.25. The van der Waals surface area contributed by atoms with Crippen LogP contribution in [0.15, 0.2) is 18.3 Å². The van der Waals surface area contributed by atoms with E-state index in [-0.39, 0.29) is 5.54 Å². The summed E-state index contributed by atoms with van der Waals surface area (Å²) in [7, 11) is 0. The third kappa shape index (κ3) is 2.92. The first-order chi connectivity index (χ1) is 9.14. The lowest BCUT2D eigenvalue weighted by molar-refractivity contribution is 0.246. The molecule has 0 radical (unpaired) electrons. The first-order valence-corrected chi connectivity index (χ1v) is 7.58. The largest absolute Gasteiger partial charge is 0.364 e. The van der Waals surface area contributed by atoms with Gasteiger partial charge >= 0.3 is 0 Å². The fourth-order valence-electron chi connectivity index (χ4n) is 2.98. The van der Waals surface area contributed by atoms with Crippen molar-refractivity contribution in [1.82, 2.24) is 10.3 Å². The van der Waals surface area contributed by atoms with Crippen LogP contribution >= 0.6 is 0 Å². The van der Waals surface area contributed by atoms with Gasteiger partial charge in [0.1, 0.15) is 0 Å². The Morgan fingerprint density at radius 3 is 2.58 bits per heavy atom. The molecule has 0 saturated carbocycles. The number of hydrogen-bond acceptors (Lipinski definition) is 3. The van der Waals surface area contributed by atoms with Crippen LogP contribution in [0.2, 0.25) is 0 Å². The van der Waals surface area contributed by atoms with Gasteiger partial charge < -0.3 is 10.2 Å². The molecule has 3 heteroatoms.